The number of unbranched alkanes of at least 4 members (excludes halogenated alkanes) is 1. The van der Waals surface area contributed by atoms with Crippen LogP contribution in [0.15, 0.2) is 24.0 Å². The van der Waals surface area contributed by atoms with Crippen LogP contribution in [0.4, 0.5) is 0 Å². The molecule has 170 valence electrons. The maximum atomic E-state index is 12.3. The summed E-state index contributed by atoms with van der Waals surface area (Å²) in [5.74, 6) is -0.0598. The SMILES string of the molecule is CCCOC(C)(C)CC=C[C@H]1CCC(=O)[C@@H]1CCCCC(=CC(=O)OC)OC(C)=O. The molecule has 0 saturated heterocycles. The van der Waals surface area contributed by atoms with E-state index in [0.29, 0.717) is 24.4 Å². The lowest BCUT2D eigenvalue weighted by atomic mass is 9.89. The molecule has 0 aromatic heterocycles. The first-order chi connectivity index (χ1) is 14.2. The molecule has 6 heteroatoms. The second-order valence-electron chi connectivity index (χ2n) is 8.49. The van der Waals surface area contributed by atoms with E-state index in [9.17, 15) is 14.4 Å². The second-order valence-corrected chi connectivity index (χ2v) is 8.49. The van der Waals surface area contributed by atoms with Crippen LogP contribution in [0.1, 0.15) is 79.1 Å². The van der Waals surface area contributed by atoms with Crippen molar-refractivity contribution in [2.75, 3.05) is 13.7 Å². The monoisotopic (exact) mass is 422 g/mol. The summed E-state index contributed by atoms with van der Waals surface area (Å²) in [6.45, 7) is 8.33. The van der Waals surface area contributed by atoms with Crippen molar-refractivity contribution in [3.05, 3.63) is 24.0 Å². The van der Waals surface area contributed by atoms with Crippen LogP contribution in [0.25, 0.3) is 0 Å². The smallest absolute Gasteiger partial charge is 0.333 e. The minimum absolute atomic E-state index is 0.0442. The van der Waals surface area contributed by atoms with E-state index in [2.05, 4.69) is 37.7 Å². The zero-order chi connectivity index (χ0) is 22.6. The highest BCUT2D eigenvalue weighted by molar-refractivity contribution is 5.84. The molecule has 0 aliphatic heterocycles. The average Bonchev–Trinajstić information content (AvgIpc) is 3.02. The number of hydrogen-bond donors (Lipinski definition) is 0. The minimum atomic E-state index is -0.548. The van der Waals surface area contributed by atoms with E-state index >= 15 is 0 Å². The molecule has 1 aliphatic carbocycles. The molecule has 0 heterocycles. The number of ether oxygens (including phenoxy) is 3. The van der Waals surface area contributed by atoms with Crippen molar-refractivity contribution in [3.63, 3.8) is 0 Å². The van der Waals surface area contributed by atoms with Gasteiger partial charge in [0.1, 0.15) is 11.5 Å². The first-order valence-electron chi connectivity index (χ1n) is 11.0. The maximum Gasteiger partial charge on any atom is 0.333 e. The van der Waals surface area contributed by atoms with Crippen LogP contribution in [0.5, 0.6) is 0 Å². The standard InChI is InChI=1S/C24H38O6/c1-6-16-29-24(3,4)15-9-10-19-13-14-22(26)21(19)12-8-7-11-20(30-18(2)25)17-23(27)28-5/h9-10,17,19,21H,6-8,11-16H2,1-5H3/t19-,21+/m0/s1. The van der Waals surface area contributed by atoms with Crippen LogP contribution >= 0.6 is 0 Å². The topological polar surface area (TPSA) is 78.9 Å². The van der Waals surface area contributed by atoms with Gasteiger partial charge in [0.15, 0.2) is 0 Å². The van der Waals surface area contributed by atoms with Gasteiger partial charge in [0.2, 0.25) is 0 Å². The van der Waals surface area contributed by atoms with Gasteiger partial charge in [-0.15, -0.1) is 0 Å². The minimum Gasteiger partial charge on any atom is -0.466 e. The molecule has 0 spiro atoms. The number of Topliss-reactive ketones (excluding diaryl/α,β-unsaturated/α-hetero) is 1. The molecule has 6 nitrogen and oxygen atoms in total. The van der Waals surface area contributed by atoms with Crippen molar-refractivity contribution in [1.29, 1.82) is 0 Å². The summed E-state index contributed by atoms with van der Waals surface area (Å²) in [5, 5.41) is 0. The third-order valence-corrected chi connectivity index (χ3v) is 5.29. The molecular weight excluding hydrogens is 384 g/mol. The van der Waals surface area contributed by atoms with Gasteiger partial charge >= 0.3 is 11.9 Å². The molecule has 30 heavy (non-hydrogen) atoms. The predicted octanol–water partition coefficient (Wildman–Crippen LogP) is 4.91. The summed E-state index contributed by atoms with van der Waals surface area (Å²) >= 11 is 0. The van der Waals surface area contributed by atoms with Crippen molar-refractivity contribution >= 4 is 17.7 Å². The second kappa shape index (κ2) is 13.4. The van der Waals surface area contributed by atoms with Gasteiger partial charge in [0, 0.05) is 32.3 Å². The number of hydrogen-bond acceptors (Lipinski definition) is 6. The Kier molecular flexibility index (Phi) is 11.6. The molecule has 1 rings (SSSR count). The maximum absolute atomic E-state index is 12.3. The van der Waals surface area contributed by atoms with Crippen LogP contribution in [0, 0.1) is 11.8 Å². The van der Waals surface area contributed by atoms with Crippen molar-refractivity contribution in [1.82, 2.24) is 0 Å². The Balaban J connectivity index is 2.52. The van der Waals surface area contributed by atoms with Crippen molar-refractivity contribution in [3.8, 4) is 0 Å². The normalized spacial score (nSPS) is 20.0. The van der Waals surface area contributed by atoms with Crippen LogP contribution in [0.3, 0.4) is 0 Å². The van der Waals surface area contributed by atoms with Gasteiger partial charge < -0.3 is 14.2 Å². The van der Waals surface area contributed by atoms with Crippen LogP contribution in [-0.2, 0) is 28.6 Å². The van der Waals surface area contributed by atoms with Crippen molar-refractivity contribution in [2.45, 2.75) is 84.7 Å². The van der Waals surface area contributed by atoms with Gasteiger partial charge in [0.05, 0.1) is 18.8 Å². The Morgan fingerprint density at radius 3 is 2.60 bits per heavy atom. The van der Waals surface area contributed by atoms with E-state index in [-0.39, 0.29) is 17.4 Å². The number of rotatable bonds is 13. The summed E-state index contributed by atoms with van der Waals surface area (Å²) < 4.78 is 15.5. The van der Waals surface area contributed by atoms with Crippen molar-refractivity contribution in [2.24, 2.45) is 11.8 Å². The van der Waals surface area contributed by atoms with Crippen molar-refractivity contribution < 1.29 is 28.6 Å². The van der Waals surface area contributed by atoms with Gasteiger partial charge in [-0.25, -0.2) is 4.79 Å². The van der Waals surface area contributed by atoms with Gasteiger partial charge in [-0.3, -0.25) is 9.59 Å². The molecule has 0 radical (unpaired) electrons. The first kappa shape index (κ1) is 26.1. The highest BCUT2D eigenvalue weighted by Gasteiger charge is 2.32. The van der Waals surface area contributed by atoms with Crippen LogP contribution in [0.2, 0.25) is 0 Å². The zero-order valence-corrected chi connectivity index (χ0v) is 19.2. The molecule has 0 bridgehead atoms. The molecule has 1 saturated carbocycles. The van der Waals surface area contributed by atoms with Gasteiger partial charge in [-0.1, -0.05) is 25.5 Å². The van der Waals surface area contributed by atoms with E-state index in [4.69, 9.17) is 9.47 Å². The number of ketones is 1. The third-order valence-electron chi connectivity index (χ3n) is 5.29. The lowest BCUT2D eigenvalue weighted by molar-refractivity contribution is -0.137. The fourth-order valence-corrected chi connectivity index (χ4v) is 3.69. The third kappa shape index (κ3) is 10.2. The molecule has 0 aromatic rings. The van der Waals surface area contributed by atoms with E-state index in [1.54, 1.807) is 0 Å². The zero-order valence-electron chi connectivity index (χ0n) is 19.2. The lowest BCUT2D eigenvalue weighted by Crippen LogP contribution is -2.24. The molecule has 1 aliphatic rings. The van der Waals surface area contributed by atoms with Gasteiger partial charge in [-0.05, 0) is 51.9 Å². The molecule has 1 fully saturated rings. The Morgan fingerprint density at radius 2 is 1.97 bits per heavy atom. The summed E-state index contributed by atoms with van der Waals surface area (Å²) in [4.78, 5) is 35.0. The molecule has 0 N–H and O–H groups in total. The summed E-state index contributed by atoms with van der Waals surface area (Å²) in [5.41, 5.74) is -0.191. The number of esters is 2. The lowest BCUT2D eigenvalue weighted by Gasteiger charge is -2.24. The highest BCUT2D eigenvalue weighted by Crippen LogP contribution is 2.34. The molecule has 0 aromatic carbocycles. The fourth-order valence-electron chi connectivity index (χ4n) is 3.69. The molecular formula is C24H38O6. The summed E-state index contributed by atoms with van der Waals surface area (Å²) in [6, 6.07) is 0. The highest BCUT2D eigenvalue weighted by atomic mass is 16.5. The molecule has 0 unspecified atom stereocenters. The quantitative estimate of drug-likeness (QED) is 0.138. The number of allylic oxidation sites excluding steroid dienone is 2. The van der Waals surface area contributed by atoms with E-state index < -0.39 is 11.9 Å². The Morgan fingerprint density at radius 1 is 1.23 bits per heavy atom. The Bertz CT molecular complexity index is 632. The van der Waals surface area contributed by atoms with E-state index in [0.717, 1.165) is 45.1 Å². The molecule has 0 amide bonds. The van der Waals surface area contributed by atoms with E-state index in [1.165, 1.54) is 20.1 Å². The molecule has 2 atom stereocenters. The van der Waals surface area contributed by atoms with E-state index in [1.807, 2.05) is 0 Å². The summed E-state index contributed by atoms with van der Waals surface area (Å²) in [7, 11) is 1.28. The average molecular weight is 423 g/mol. The predicted molar refractivity (Wildman–Crippen MR) is 116 cm³/mol. The number of carbonyl (C=O) groups is 3. The van der Waals surface area contributed by atoms with Crippen LogP contribution < -0.4 is 0 Å². The first-order valence-corrected chi connectivity index (χ1v) is 11.0. The number of methoxy groups -OCH3 is 1. The fraction of sp³-hybridized carbons (Fsp3) is 0.708. The van der Waals surface area contributed by atoms with Crippen LogP contribution in [-0.4, -0.2) is 37.0 Å². The summed E-state index contributed by atoms with van der Waals surface area (Å²) in [6.07, 6.45) is 11.7. The van der Waals surface area contributed by atoms with Gasteiger partial charge in [-0.2, -0.15) is 0 Å². The van der Waals surface area contributed by atoms with Gasteiger partial charge in [0.25, 0.3) is 0 Å². The Hall–Kier alpha value is -1.95. The number of carbonyl (C=O) groups excluding carboxylic acids is 3. The Labute approximate surface area is 181 Å². The largest absolute Gasteiger partial charge is 0.466 e.